The summed E-state index contributed by atoms with van der Waals surface area (Å²) in [5.41, 5.74) is 1.84. The molecule has 0 aliphatic carbocycles. The molecule has 1 N–H and O–H groups in total. The fraction of sp³-hybridized carbons (Fsp3) is 0.320. The summed E-state index contributed by atoms with van der Waals surface area (Å²) in [5, 5.41) is 3.68. The molecule has 1 saturated heterocycles. The number of carbonyl (C=O) groups excluding carboxylic acids is 1. The number of nitrogens with one attached hydrogen (secondary N) is 1. The Morgan fingerprint density at radius 1 is 1.00 bits per heavy atom. The standard InChI is InChI=1S/C25H29N5O3S/c1-3-33-20-10-8-19(9-11-20)28-23(31)18-34-25-24(26-12-13-27-25)30-16-14-29(15-17-30)21-6-4-5-7-22(21)32-2/h4-13H,3,14-18H2,1-2H3,(H,28,31). The number of ether oxygens (including phenoxy) is 2. The normalized spacial score (nSPS) is 13.5. The Morgan fingerprint density at radius 3 is 2.44 bits per heavy atom. The molecule has 2 heterocycles. The maximum Gasteiger partial charge on any atom is 0.234 e. The number of methoxy groups -OCH3 is 1. The van der Waals surface area contributed by atoms with E-state index in [0.717, 1.165) is 59.9 Å². The molecule has 4 rings (SSSR count). The first-order chi connectivity index (χ1) is 16.7. The van der Waals surface area contributed by atoms with Crippen LogP contribution in [0.3, 0.4) is 0 Å². The van der Waals surface area contributed by atoms with Crippen molar-refractivity contribution in [1.82, 2.24) is 9.97 Å². The van der Waals surface area contributed by atoms with Gasteiger partial charge in [0.25, 0.3) is 0 Å². The monoisotopic (exact) mass is 479 g/mol. The molecule has 1 aromatic heterocycles. The first-order valence-corrected chi connectivity index (χ1v) is 12.3. The highest BCUT2D eigenvalue weighted by molar-refractivity contribution is 8.00. The van der Waals surface area contributed by atoms with Gasteiger partial charge in [-0.3, -0.25) is 4.79 Å². The Kier molecular flexibility index (Phi) is 8.08. The second-order valence-electron chi connectivity index (χ2n) is 7.63. The van der Waals surface area contributed by atoms with E-state index in [1.54, 1.807) is 19.5 Å². The fourth-order valence-corrected chi connectivity index (χ4v) is 4.61. The third-order valence-corrected chi connectivity index (χ3v) is 6.41. The SMILES string of the molecule is CCOc1ccc(NC(=O)CSc2nccnc2N2CCN(c3ccccc3OC)CC2)cc1. The van der Waals surface area contributed by atoms with E-state index in [-0.39, 0.29) is 11.7 Å². The maximum atomic E-state index is 12.5. The van der Waals surface area contributed by atoms with E-state index >= 15 is 0 Å². The van der Waals surface area contributed by atoms with Crippen LogP contribution in [0.4, 0.5) is 17.2 Å². The van der Waals surface area contributed by atoms with E-state index < -0.39 is 0 Å². The number of amides is 1. The van der Waals surface area contributed by atoms with Crippen molar-refractivity contribution in [2.24, 2.45) is 0 Å². The highest BCUT2D eigenvalue weighted by Crippen LogP contribution is 2.31. The highest BCUT2D eigenvalue weighted by Gasteiger charge is 2.23. The zero-order chi connectivity index (χ0) is 23.8. The van der Waals surface area contributed by atoms with Crippen LogP contribution in [0.2, 0.25) is 0 Å². The van der Waals surface area contributed by atoms with E-state index in [1.165, 1.54) is 11.8 Å². The molecular formula is C25H29N5O3S. The van der Waals surface area contributed by atoms with E-state index in [0.29, 0.717) is 6.61 Å². The van der Waals surface area contributed by atoms with Gasteiger partial charge in [-0.25, -0.2) is 9.97 Å². The number of rotatable bonds is 9. The molecule has 1 fully saturated rings. The molecule has 0 radical (unpaired) electrons. The van der Waals surface area contributed by atoms with Gasteiger partial charge in [-0.1, -0.05) is 23.9 Å². The Balaban J connectivity index is 1.33. The van der Waals surface area contributed by atoms with Gasteiger partial charge in [0.15, 0.2) is 5.82 Å². The first kappa shape index (κ1) is 23.7. The van der Waals surface area contributed by atoms with Gasteiger partial charge in [0.05, 0.1) is 25.2 Å². The van der Waals surface area contributed by atoms with Gasteiger partial charge in [-0.2, -0.15) is 0 Å². The summed E-state index contributed by atoms with van der Waals surface area (Å²) >= 11 is 1.40. The van der Waals surface area contributed by atoms with Gasteiger partial charge < -0.3 is 24.6 Å². The number of thioether (sulfide) groups is 1. The number of piperazine rings is 1. The summed E-state index contributed by atoms with van der Waals surface area (Å²) < 4.78 is 11.0. The molecule has 0 atom stereocenters. The smallest absolute Gasteiger partial charge is 0.234 e. The van der Waals surface area contributed by atoms with Crippen LogP contribution in [0.15, 0.2) is 66.0 Å². The van der Waals surface area contributed by atoms with E-state index in [4.69, 9.17) is 9.47 Å². The van der Waals surface area contributed by atoms with Crippen LogP contribution in [0.25, 0.3) is 0 Å². The predicted octanol–water partition coefficient (Wildman–Crippen LogP) is 3.94. The average molecular weight is 480 g/mol. The number of hydrogen-bond acceptors (Lipinski definition) is 8. The van der Waals surface area contributed by atoms with Gasteiger partial charge in [-0.15, -0.1) is 0 Å². The van der Waals surface area contributed by atoms with Gasteiger partial charge in [0.2, 0.25) is 5.91 Å². The number of aromatic nitrogens is 2. The third kappa shape index (κ3) is 5.91. The zero-order valence-electron chi connectivity index (χ0n) is 19.4. The van der Waals surface area contributed by atoms with Crippen molar-refractivity contribution in [2.45, 2.75) is 11.9 Å². The molecule has 1 aliphatic rings. The van der Waals surface area contributed by atoms with Crippen LogP contribution in [-0.4, -0.2) is 61.5 Å². The molecule has 0 spiro atoms. The summed E-state index contributed by atoms with van der Waals surface area (Å²) in [6, 6.07) is 15.4. The summed E-state index contributed by atoms with van der Waals surface area (Å²) in [4.78, 5) is 26.1. The predicted molar refractivity (Wildman–Crippen MR) is 136 cm³/mol. The lowest BCUT2D eigenvalue weighted by Crippen LogP contribution is -2.47. The Hall–Kier alpha value is -3.46. The number of benzene rings is 2. The lowest BCUT2D eigenvalue weighted by atomic mass is 10.2. The third-order valence-electron chi connectivity index (χ3n) is 5.44. The van der Waals surface area contributed by atoms with Crippen LogP contribution in [0.1, 0.15) is 6.92 Å². The van der Waals surface area contributed by atoms with Gasteiger partial charge in [-0.05, 0) is 43.3 Å². The minimum Gasteiger partial charge on any atom is -0.495 e. The minimum atomic E-state index is -0.0910. The molecule has 1 aliphatic heterocycles. The molecule has 3 aromatic rings. The summed E-state index contributed by atoms with van der Waals surface area (Å²) in [7, 11) is 1.70. The summed E-state index contributed by atoms with van der Waals surface area (Å²) in [6.45, 7) is 5.86. The number of para-hydroxylation sites is 2. The number of hydrogen-bond donors (Lipinski definition) is 1. The van der Waals surface area contributed by atoms with Gasteiger partial charge in [0, 0.05) is 44.3 Å². The maximum absolute atomic E-state index is 12.5. The molecule has 8 nitrogen and oxygen atoms in total. The largest absolute Gasteiger partial charge is 0.495 e. The van der Waals surface area contributed by atoms with Crippen LogP contribution in [0, 0.1) is 0 Å². The molecule has 0 bridgehead atoms. The second-order valence-corrected chi connectivity index (χ2v) is 8.59. The number of nitrogens with zero attached hydrogens (tertiary/aromatic N) is 4. The first-order valence-electron chi connectivity index (χ1n) is 11.3. The topological polar surface area (TPSA) is 79.8 Å². The van der Waals surface area contributed by atoms with Crippen molar-refractivity contribution in [3.63, 3.8) is 0 Å². The quantitative estimate of drug-likeness (QED) is 0.463. The lowest BCUT2D eigenvalue weighted by molar-refractivity contribution is -0.113. The molecule has 2 aromatic carbocycles. The Morgan fingerprint density at radius 2 is 1.71 bits per heavy atom. The molecule has 178 valence electrons. The molecule has 0 unspecified atom stereocenters. The van der Waals surface area contributed by atoms with Crippen LogP contribution in [0.5, 0.6) is 11.5 Å². The van der Waals surface area contributed by atoms with Crippen LogP contribution in [-0.2, 0) is 4.79 Å². The molecule has 0 saturated carbocycles. The number of carbonyl (C=O) groups is 1. The second kappa shape index (κ2) is 11.6. The van der Waals surface area contributed by atoms with E-state index in [1.807, 2.05) is 49.4 Å². The van der Waals surface area contributed by atoms with Crippen molar-refractivity contribution in [1.29, 1.82) is 0 Å². The zero-order valence-corrected chi connectivity index (χ0v) is 20.3. The van der Waals surface area contributed by atoms with Crippen molar-refractivity contribution in [3.05, 3.63) is 60.9 Å². The minimum absolute atomic E-state index is 0.0910. The van der Waals surface area contributed by atoms with Crippen molar-refractivity contribution in [2.75, 3.05) is 60.8 Å². The van der Waals surface area contributed by atoms with Crippen LogP contribution < -0.4 is 24.6 Å². The Labute approximate surface area is 204 Å². The molecule has 34 heavy (non-hydrogen) atoms. The molecule has 9 heteroatoms. The van der Waals surface area contributed by atoms with E-state index in [2.05, 4.69) is 31.2 Å². The molecule has 1 amide bonds. The molecular weight excluding hydrogens is 450 g/mol. The van der Waals surface area contributed by atoms with Gasteiger partial charge >= 0.3 is 0 Å². The average Bonchev–Trinajstić information content (AvgIpc) is 2.89. The van der Waals surface area contributed by atoms with Crippen molar-refractivity contribution < 1.29 is 14.3 Å². The number of anilines is 3. The summed E-state index contributed by atoms with van der Waals surface area (Å²) in [5.74, 6) is 2.64. The van der Waals surface area contributed by atoms with E-state index in [9.17, 15) is 4.79 Å². The van der Waals surface area contributed by atoms with Crippen LogP contribution >= 0.6 is 11.8 Å². The Bertz CT molecular complexity index is 1090. The van der Waals surface area contributed by atoms with Gasteiger partial charge in [0.1, 0.15) is 16.5 Å². The fourth-order valence-electron chi connectivity index (χ4n) is 3.82. The lowest BCUT2D eigenvalue weighted by Gasteiger charge is -2.37. The van der Waals surface area contributed by atoms with Crippen molar-refractivity contribution >= 4 is 34.9 Å². The van der Waals surface area contributed by atoms with Crippen molar-refractivity contribution in [3.8, 4) is 11.5 Å². The highest BCUT2D eigenvalue weighted by atomic mass is 32.2. The summed E-state index contributed by atoms with van der Waals surface area (Å²) in [6.07, 6.45) is 3.37.